The molecule has 0 fully saturated rings. The molecule has 0 radical (unpaired) electrons. The second kappa shape index (κ2) is 14.6. The van der Waals surface area contributed by atoms with Gasteiger partial charge in [-0.1, -0.05) is 0 Å². The molecule has 0 aliphatic heterocycles. The molecule has 0 bridgehead atoms. The summed E-state index contributed by atoms with van der Waals surface area (Å²) >= 11 is -2.16. The minimum absolute atomic E-state index is 1.42. The van der Waals surface area contributed by atoms with Crippen molar-refractivity contribution in [2.75, 3.05) is 0 Å². The van der Waals surface area contributed by atoms with Crippen LogP contribution in [0.15, 0.2) is 0 Å². The van der Waals surface area contributed by atoms with E-state index in [1.807, 2.05) is 0 Å². The van der Waals surface area contributed by atoms with Crippen molar-refractivity contribution in [3.8, 4) is 0 Å². The van der Waals surface area contributed by atoms with Gasteiger partial charge >= 0.3 is 37.8 Å². The van der Waals surface area contributed by atoms with Crippen LogP contribution in [0, 0.1) is 15.7 Å². The molecule has 1 N–H and O–H groups in total. The third-order valence-corrected chi connectivity index (χ3v) is 0. The molecule has 0 saturated carbocycles. The molecule has 0 heterocycles. The maximum atomic E-state index is 6.28. The average Bonchev–Trinajstić information content (AvgIpc) is 1.54. The predicted molar refractivity (Wildman–Crippen MR) is 55.0 cm³/mol. The molecule has 0 atom stereocenters. The van der Waals surface area contributed by atoms with Crippen molar-refractivity contribution in [3.05, 3.63) is 11.8 Å². The van der Waals surface area contributed by atoms with E-state index in [4.69, 9.17) is 22.7 Å². The Hall–Kier alpha value is 1.07. The monoisotopic (exact) mass is 297 g/mol. The van der Waals surface area contributed by atoms with Crippen LogP contribution in [-0.2, 0) is 15.0 Å². The first-order chi connectivity index (χ1) is 5.20. The van der Waals surface area contributed by atoms with E-state index in [9.17, 15) is 0 Å². The molecule has 0 rings (SSSR count). The van der Waals surface area contributed by atoms with Gasteiger partial charge in [-0.3, -0.25) is 0 Å². The van der Waals surface area contributed by atoms with Gasteiger partial charge in [0.1, 0.15) is 0 Å². The molecule has 0 aromatic rings. The number of hydrogen-bond donors (Lipinski definition) is 1. The van der Waals surface area contributed by atoms with Crippen molar-refractivity contribution in [1.29, 1.82) is 3.91 Å². The summed E-state index contributed by atoms with van der Waals surface area (Å²) in [5, 5.41) is 0. The molecular weight excluding hydrogens is 277 g/mol. The zero-order valence-electron chi connectivity index (χ0n) is 8.66. The third kappa shape index (κ3) is 983. The first-order valence-corrected chi connectivity index (χ1v) is 9.68. The van der Waals surface area contributed by atoms with Crippen molar-refractivity contribution in [2.45, 2.75) is 41.5 Å². The number of halogens is 2. The molecule has 0 unspecified atom stereocenters. The van der Waals surface area contributed by atoms with Crippen LogP contribution in [0.1, 0.15) is 41.5 Å². The molecule has 12 heavy (non-hydrogen) atoms. The molecule has 78 valence electrons. The van der Waals surface area contributed by atoms with Crippen LogP contribution < -0.4 is 0 Å². The van der Waals surface area contributed by atoms with Gasteiger partial charge in [-0.25, -0.2) is 0 Å². The Morgan fingerprint density at radius 3 is 0.833 bits per heavy atom. The minimum atomic E-state index is -2.16. The van der Waals surface area contributed by atoms with Crippen molar-refractivity contribution < 1.29 is 15.0 Å². The summed E-state index contributed by atoms with van der Waals surface area (Å²) in [6, 6.07) is 0. The summed E-state index contributed by atoms with van der Waals surface area (Å²) < 4.78 is 6.28. The van der Waals surface area contributed by atoms with Crippen LogP contribution in [0.25, 0.3) is 0 Å². The van der Waals surface area contributed by atoms with Crippen LogP contribution in [-0.4, -0.2) is 0 Å². The summed E-state index contributed by atoms with van der Waals surface area (Å²) in [6.45, 7) is 12.5. The van der Waals surface area contributed by atoms with Gasteiger partial charge in [0.25, 0.3) is 0 Å². The topological polar surface area (TPSA) is 23.9 Å². The predicted octanol–water partition coefficient (Wildman–Crippen LogP) is 4.92. The van der Waals surface area contributed by atoms with Crippen LogP contribution in [0.4, 0.5) is 0 Å². The maximum absolute atomic E-state index is 6.28. The second-order valence-electron chi connectivity index (χ2n) is 3.21. The van der Waals surface area contributed by atoms with E-state index in [1.165, 1.54) is 11.8 Å². The van der Waals surface area contributed by atoms with Gasteiger partial charge < -0.3 is 11.8 Å². The fourth-order valence-electron chi connectivity index (χ4n) is 0. The first-order valence-electron chi connectivity index (χ1n) is 3.51. The fraction of sp³-hybridized carbons (Fsp3) is 0.750. The summed E-state index contributed by atoms with van der Waals surface area (Å²) in [5.41, 5.74) is 0. The molecule has 4 heteroatoms. The Morgan fingerprint density at radius 2 is 0.833 bits per heavy atom. The van der Waals surface area contributed by atoms with E-state index in [1.54, 1.807) is 0 Å². The number of nitrogens with one attached hydrogen (secondary N) is 1. The zero-order chi connectivity index (χ0) is 10.7. The van der Waals surface area contributed by atoms with E-state index in [2.05, 4.69) is 41.5 Å². The van der Waals surface area contributed by atoms with E-state index in [0.29, 0.717) is 0 Å². The SMILES string of the molecule is C[C-](C)C.C[C-](C)C.[NH]=[Mo]([Cl])[Cl]. The Labute approximate surface area is 90.9 Å². The first kappa shape index (κ1) is 18.8. The van der Waals surface area contributed by atoms with E-state index < -0.39 is 15.0 Å². The normalized spacial score (nSPS) is 8.92. The van der Waals surface area contributed by atoms with Crippen molar-refractivity contribution in [1.82, 2.24) is 0 Å². The quantitative estimate of drug-likeness (QED) is 0.485. The summed E-state index contributed by atoms with van der Waals surface area (Å²) in [5.74, 6) is 2.83. The Balaban J connectivity index is -0.000000101. The van der Waals surface area contributed by atoms with Crippen molar-refractivity contribution >= 4 is 18.8 Å². The Kier molecular flexibility index (Phi) is 22.8. The zero-order valence-corrected chi connectivity index (χ0v) is 12.2. The van der Waals surface area contributed by atoms with Gasteiger partial charge in [0.15, 0.2) is 0 Å². The van der Waals surface area contributed by atoms with Gasteiger partial charge in [0.05, 0.1) is 0 Å². The molecule has 0 aromatic heterocycles. The van der Waals surface area contributed by atoms with Crippen LogP contribution in [0.3, 0.4) is 0 Å². The van der Waals surface area contributed by atoms with Gasteiger partial charge in [0, 0.05) is 0 Å². The van der Waals surface area contributed by atoms with Gasteiger partial charge in [0.2, 0.25) is 0 Å². The van der Waals surface area contributed by atoms with Gasteiger partial charge in [-0.15, -0.1) is 0 Å². The molecule has 0 spiro atoms. The molecule has 0 saturated heterocycles. The van der Waals surface area contributed by atoms with Crippen molar-refractivity contribution in [3.63, 3.8) is 0 Å². The van der Waals surface area contributed by atoms with Crippen molar-refractivity contribution in [2.24, 2.45) is 0 Å². The summed E-state index contributed by atoms with van der Waals surface area (Å²) in [6.07, 6.45) is 0. The standard InChI is InChI=1S/2C4H9.2ClH.Mo.HN/c2*1-4(2)3;;;;/h2*1-3H3;2*1H;;1H/q2*-1;;;+2;/p-2. The molecular formula is C8H19Cl2MoN-2. The summed E-state index contributed by atoms with van der Waals surface area (Å²) in [7, 11) is 9.75. The molecule has 0 aliphatic rings. The van der Waals surface area contributed by atoms with Crippen LogP contribution in [0.5, 0.6) is 0 Å². The van der Waals surface area contributed by atoms with Crippen LogP contribution in [0.2, 0.25) is 0 Å². The fourth-order valence-corrected chi connectivity index (χ4v) is 0. The molecule has 1 nitrogen and oxygen atoms in total. The molecule has 0 aliphatic carbocycles. The molecule has 0 aromatic carbocycles. The van der Waals surface area contributed by atoms with Gasteiger partial charge in [-0.2, -0.15) is 41.5 Å². The number of rotatable bonds is 0. The molecule has 0 amide bonds. The summed E-state index contributed by atoms with van der Waals surface area (Å²) in [4.78, 5) is 0. The van der Waals surface area contributed by atoms with E-state index in [0.717, 1.165) is 0 Å². The average molecular weight is 296 g/mol. The van der Waals surface area contributed by atoms with Crippen LogP contribution >= 0.6 is 18.8 Å². The van der Waals surface area contributed by atoms with E-state index in [-0.39, 0.29) is 0 Å². The third-order valence-electron chi connectivity index (χ3n) is 0. The Morgan fingerprint density at radius 1 is 0.833 bits per heavy atom. The second-order valence-corrected chi connectivity index (χ2v) is 8.84. The van der Waals surface area contributed by atoms with Gasteiger partial charge in [-0.05, 0) is 0 Å². The van der Waals surface area contributed by atoms with E-state index >= 15 is 0 Å². The Bertz CT molecular complexity index is 79.5. The number of hydrogen-bond acceptors (Lipinski definition) is 1.